The van der Waals surface area contributed by atoms with E-state index in [2.05, 4.69) is 6.58 Å². The molecule has 2 bridgehead atoms. The molecule has 0 heterocycles. The van der Waals surface area contributed by atoms with Crippen molar-refractivity contribution in [1.29, 1.82) is 0 Å². The fourth-order valence-corrected chi connectivity index (χ4v) is 9.35. The van der Waals surface area contributed by atoms with E-state index in [0.29, 0.717) is 16.7 Å². The third kappa shape index (κ3) is 8.65. The fraction of sp³-hybridized carbons (Fsp3) is 0.610. The molecular weight excluding hydrogens is 714 g/mol. The molecule has 1 N–H and O–H groups in total. The number of likely N-dealkylation sites (N-methyl/N-ethyl adjacent to an activating group) is 1. The second-order valence-electron chi connectivity index (χ2n) is 15.8. The van der Waals surface area contributed by atoms with Crippen molar-refractivity contribution in [2.45, 2.75) is 124 Å². The lowest BCUT2D eigenvalue weighted by molar-refractivity contribution is -0.231. The molecule has 0 aliphatic heterocycles. The molecule has 1 aromatic carbocycles. The summed E-state index contributed by atoms with van der Waals surface area (Å²) in [7, 11) is 3.42. The molecule has 2 saturated carbocycles. The van der Waals surface area contributed by atoms with Crippen LogP contribution < -0.4 is 0 Å². The molecular formula is C41H55NO13. The Morgan fingerprint density at radius 3 is 1.82 bits per heavy atom. The Bertz CT molecular complexity index is 1720. The second-order valence-corrected chi connectivity index (χ2v) is 15.8. The molecule has 55 heavy (non-hydrogen) atoms. The topological polar surface area (TPSA) is 181 Å². The minimum atomic E-state index is -1.67. The first kappa shape index (κ1) is 43.2. The Hall–Kier alpha value is -4.56. The summed E-state index contributed by atoms with van der Waals surface area (Å²) < 4.78 is 36.4. The van der Waals surface area contributed by atoms with Gasteiger partial charge < -0.3 is 33.5 Å². The molecule has 1 aromatic rings. The summed E-state index contributed by atoms with van der Waals surface area (Å²) in [6.45, 7) is 17.6. The Labute approximate surface area is 322 Å². The van der Waals surface area contributed by atoms with Crippen molar-refractivity contribution < 1.29 is 62.3 Å². The first-order chi connectivity index (χ1) is 25.5. The lowest BCUT2D eigenvalue weighted by Crippen LogP contribution is -2.68. The highest BCUT2D eigenvalue weighted by molar-refractivity contribution is 5.76. The van der Waals surface area contributed by atoms with Crippen molar-refractivity contribution in [3.63, 3.8) is 0 Å². The summed E-state index contributed by atoms with van der Waals surface area (Å²) in [6.07, 6.45) is -8.94. The van der Waals surface area contributed by atoms with Gasteiger partial charge in [-0.1, -0.05) is 57.7 Å². The number of aliphatic hydroxyl groups is 1. The molecule has 3 aliphatic rings. The van der Waals surface area contributed by atoms with Gasteiger partial charge in [-0.3, -0.25) is 28.9 Å². The zero-order valence-corrected chi connectivity index (χ0v) is 33.6. The Morgan fingerprint density at radius 2 is 1.31 bits per heavy atom. The molecule has 3 aliphatic carbocycles. The monoisotopic (exact) mass is 769 g/mol. The summed E-state index contributed by atoms with van der Waals surface area (Å²) in [5.74, 6) is -6.24. The minimum absolute atomic E-state index is 0.147. The van der Waals surface area contributed by atoms with Gasteiger partial charge in [0, 0.05) is 52.9 Å². The maximum atomic E-state index is 14.0. The summed E-state index contributed by atoms with van der Waals surface area (Å²) in [5.41, 5.74) is -0.661. The van der Waals surface area contributed by atoms with E-state index < -0.39 is 107 Å². The lowest BCUT2D eigenvalue weighted by Gasteiger charge is -2.61. The standard InChI is InChI=1S/C41H55NO13/c1-20-29(50-22(3)43)18-28-36(52-24(5)45)33-21(2)30(55-39(49)35(48)34(42(11)12)27-16-14-13-15-17-27)19-31(51-23(4)44)41(33,10)38(54-26(7)47)37(53-25(6)46)32(20)40(28,8)9/h13-17,28-31,33-38,48H,2,18-19H2,1,3-12H3/t28?,29-,30-,31-,33-,34?,35+,36+,37+,38-,41+/m0/s1. The third-order valence-electron chi connectivity index (χ3n) is 11.5. The number of hydrogen-bond acceptors (Lipinski definition) is 14. The van der Waals surface area contributed by atoms with Gasteiger partial charge in [0.25, 0.3) is 0 Å². The van der Waals surface area contributed by atoms with E-state index in [1.807, 2.05) is 19.9 Å². The maximum absolute atomic E-state index is 14.0. The van der Waals surface area contributed by atoms with Gasteiger partial charge in [0.2, 0.25) is 0 Å². The molecule has 0 aromatic heterocycles. The van der Waals surface area contributed by atoms with Crippen LogP contribution in [0.1, 0.15) is 86.8 Å². The van der Waals surface area contributed by atoms with E-state index in [4.69, 9.17) is 28.4 Å². The van der Waals surface area contributed by atoms with Crippen molar-refractivity contribution in [1.82, 2.24) is 4.90 Å². The number of rotatable bonds is 10. The molecule has 4 rings (SSSR count). The minimum Gasteiger partial charge on any atom is -0.462 e. The van der Waals surface area contributed by atoms with Crippen molar-refractivity contribution in [3.05, 3.63) is 59.2 Å². The summed E-state index contributed by atoms with van der Waals surface area (Å²) >= 11 is 0. The molecule has 11 atom stereocenters. The number of benzene rings is 1. The van der Waals surface area contributed by atoms with Crippen LogP contribution in [0.15, 0.2) is 53.6 Å². The van der Waals surface area contributed by atoms with Gasteiger partial charge in [-0.15, -0.1) is 0 Å². The number of hydrogen-bond donors (Lipinski definition) is 1. The Kier molecular flexibility index (Phi) is 13.1. The van der Waals surface area contributed by atoms with E-state index in [0.717, 1.165) is 0 Å². The van der Waals surface area contributed by atoms with Crippen LogP contribution in [0.4, 0.5) is 0 Å². The van der Waals surface area contributed by atoms with Crippen molar-refractivity contribution >= 4 is 35.8 Å². The van der Waals surface area contributed by atoms with E-state index in [1.165, 1.54) is 34.6 Å². The van der Waals surface area contributed by atoms with E-state index in [-0.39, 0.29) is 18.4 Å². The predicted molar refractivity (Wildman–Crippen MR) is 196 cm³/mol. The van der Waals surface area contributed by atoms with Crippen LogP contribution in [-0.2, 0) is 57.2 Å². The largest absolute Gasteiger partial charge is 0.462 e. The quantitative estimate of drug-likeness (QED) is 0.203. The average molecular weight is 770 g/mol. The molecule has 2 fully saturated rings. The Balaban J connectivity index is 2.01. The van der Waals surface area contributed by atoms with E-state index in [1.54, 1.807) is 57.1 Å². The maximum Gasteiger partial charge on any atom is 0.337 e. The van der Waals surface area contributed by atoms with Gasteiger partial charge >= 0.3 is 35.8 Å². The highest BCUT2D eigenvalue weighted by Crippen LogP contribution is 2.62. The zero-order chi connectivity index (χ0) is 41.3. The SMILES string of the molecule is C=C1[C@@H](OC(=O)[C@H](O)C(c2ccccc2)N(C)C)C[C@H](OC(C)=O)[C@@]2(C)[C@@H](OC(C)=O)[C@H](OC(C)=O)C3=C(C)[C@@H](OC(C)=O)CC([C@@H](OC(C)=O)[C@H]12)C3(C)C. The van der Waals surface area contributed by atoms with Gasteiger partial charge in [0.05, 0.1) is 11.5 Å². The van der Waals surface area contributed by atoms with Crippen LogP contribution in [-0.4, -0.2) is 103 Å². The van der Waals surface area contributed by atoms with Crippen LogP contribution >= 0.6 is 0 Å². The number of ether oxygens (including phenoxy) is 6. The van der Waals surface area contributed by atoms with Crippen molar-refractivity contribution in [2.75, 3.05) is 14.1 Å². The van der Waals surface area contributed by atoms with Crippen LogP contribution in [0, 0.1) is 22.7 Å². The second kappa shape index (κ2) is 16.7. The summed E-state index contributed by atoms with van der Waals surface area (Å²) in [4.78, 5) is 80.3. The molecule has 302 valence electrons. The predicted octanol–water partition coefficient (Wildman–Crippen LogP) is 4.18. The number of esters is 6. The van der Waals surface area contributed by atoms with Gasteiger partial charge in [0.15, 0.2) is 18.3 Å². The van der Waals surface area contributed by atoms with Crippen LogP contribution in [0.5, 0.6) is 0 Å². The van der Waals surface area contributed by atoms with Gasteiger partial charge in [-0.25, -0.2) is 4.79 Å². The van der Waals surface area contributed by atoms with Crippen molar-refractivity contribution in [3.8, 4) is 0 Å². The van der Waals surface area contributed by atoms with Gasteiger partial charge in [-0.2, -0.15) is 0 Å². The molecule has 14 heteroatoms. The molecule has 0 saturated heterocycles. The molecule has 14 nitrogen and oxygen atoms in total. The lowest BCUT2D eigenvalue weighted by atomic mass is 9.48. The number of carbonyl (C=O) groups excluding carboxylic acids is 6. The first-order valence-electron chi connectivity index (χ1n) is 18.4. The zero-order valence-electron chi connectivity index (χ0n) is 33.6. The Morgan fingerprint density at radius 1 is 0.764 bits per heavy atom. The van der Waals surface area contributed by atoms with Crippen LogP contribution in [0.25, 0.3) is 0 Å². The molecule has 0 amide bonds. The van der Waals surface area contributed by atoms with E-state index in [9.17, 15) is 33.9 Å². The third-order valence-corrected chi connectivity index (χ3v) is 11.5. The number of carbonyl (C=O) groups is 6. The highest BCUT2D eigenvalue weighted by Gasteiger charge is 2.68. The first-order valence-corrected chi connectivity index (χ1v) is 18.4. The fourth-order valence-electron chi connectivity index (χ4n) is 9.35. The molecule has 0 spiro atoms. The molecule has 0 radical (unpaired) electrons. The normalized spacial score (nSPS) is 31.0. The summed E-state index contributed by atoms with van der Waals surface area (Å²) in [5, 5.41) is 11.5. The van der Waals surface area contributed by atoms with Gasteiger partial charge in [0.1, 0.15) is 24.4 Å². The van der Waals surface area contributed by atoms with Crippen LogP contribution in [0.2, 0.25) is 0 Å². The molecule has 2 unspecified atom stereocenters. The highest BCUT2D eigenvalue weighted by atomic mass is 16.6. The number of nitrogens with zero attached hydrogens (tertiary/aromatic N) is 1. The number of fused-ring (bicyclic) bond motifs is 3. The van der Waals surface area contributed by atoms with Crippen LogP contribution in [0.3, 0.4) is 0 Å². The summed E-state index contributed by atoms with van der Waals surface area (Å²) in [6, 6.07) is 8.12. The van der Waals surface area contributed by atoms with E-state index >= 15 is 0 Å². The number of aliphatic hydroxyl groups excluding tert-OH is 1. The van der Waals surface area contributed by atoms with Crippen molar-refractivity contribution in [2.24, 2.45) is 22.7 Å². The smallest absolute Gasteiger partial charge is 0.337 e. The van der Waals surface area contributed by atoms with Gasteiger partial charge in [-0.05, 0) is 55.1 Å². The average Bonchev–Trinajstić information content (AvgIpc) is 3.05.